The highest BCUT2D eigenvalue weighted by molar-refractivity contribution is 5.94. The minimum Gasteiger partial charge on any atom is -0.481 e. The zero-order valence-electron chi connectivity index (χ0n) is 21.2. The first-order valence-electron chi connectivity index (χ1n) is 12.5. The van der Waals surface area contributed by atoms with Crippen LogP contribution in [-0.4, -0.2) is 29.4 Å². The summed E-state index contributed by atoms with van der Waals surface area (Å²) in [4.78, 5) is 28.1. The van der Waals surface area contributed by atoms with Gasteiger partial charge in [0.2, 0.25) is 0 Å². The fraction of sp³-hybridized carbons (Fsp3) is 0.226. The molecule has 1 N–H and O–H groups in total. The number of carbonyl (C=O) groups excluding carboxylic acids is 2. The third-order valence-corrected chi connectivity index (χ3v) is 6.66. The maximum Gasteiger partial charge on any atom is 0.290 e. The fourth-order valence-corrected chi connectivity index (χ4v) is 4.85. The second-order valence-electron chi connectivity index (χ2n) is 9.52. The number of anilines is 1. The summed E-state index contributed by atoms with van der Waals surface area (Å²) in [6, 6.07) is 24.9. The number of hydrogen-bond donors (Lipinski definition) is 1. The van der Waals surface area contributed by atoms with E-state index in [0.717, 1.165) is 33.5 Å². The smallest absolute Gasteiger partial charge is 0.290 e. The van der Waals surface area contributed by atoms with Gasteiger partial charge >= 0.3 is 0 Å². The molecular formula is C31H30N2O4. The van der Waals surface area contributed by atoms with Gasteiger partial charge in [0.05, 0.1) is 12.3 Å². The average molecular weight is 495 g/mol. The molecule has 6 nitrogen and oxygen atoms in total. The molecule has 2 atom stereocenters. The zero-order valence-corrected chi connectivity index (χ0v) is 21.2. The van der Waals surface area contributed by atoms with Crippen molar-refractivity contribution >= 4 is 17.5 Å². The lowest BCUT2D eigenvalue weighted by atomic mass is 9.87. The Morgan fingerprint density at radius 2 is 1.76 bits per heavy atom. The van der Waals surface area contributed by atoms with Gasteiger partial charge in [-0.15, -0.1) is 0 Å². The van der Waals surface area contributed by atoms with Crippen molar-refractivity contribution in [3.63, 3.8) is 0 Å². The minimum atomic E-state index is -0.708. The summed E-state index contributed by atoms with van der Waals surface area (Å²) in [7, 11) is 0. The summed E-state index contributed by atoms with van der Waals surface area (Å²) < 4.78 is 11.5. The SMILES string of the molecule is Cc1cccc(NC(=O)[C@H](C)Oc2ccc3c(c2)[C@H](c2cccc(C)c2)N(C(=O)c2ccco2)CC3)c1. The Balaban J connectivity index is 1.44. The molecule has 3 aromatic carbocycles. The predicted molar refractivity (Wildman–Crippen MR) is 143 cm³/mol. The van der Waals surface area contributed by atoms with Crippen LogP contribution in [0.25, 0.3) is 0 Å². The van der Waals surface area contributed by atoms with E-state index in [4.69, 9.17) is 9.15 Å². The van der Waals surface area contributed by atoms with Crippen LogP contribution in [0.2, 0.25) is 0 Å². The van der Waals surface area contributed by atoms with E-state index in [2.05, 4.69) is 11.4 Å². The highest BCUT2D eigenvalue weighted by Gasteiger charge is 2.34. The molecule has 188 valence electrons. The molecule has 0 saturated heterocycles. The van der Waals surface area contributed by atoms with Gasteiger partial charge in [0.25, 0.3) is 11.8 Å². The van der Waals surface area contributed by atoms with E-state index in [1.165, 1.54) is 6.26 Å². The number of rotatable bonds is 6. The minimum absolute atomic E-state index is 0.153. The first kappa shape index (κ1) is 24.4. The first-order valence-corrected chi connectivity index (χ1v) is 12.5. The predicted octanol–water partition coefficient (Wildman–Crippen LogP) is 6.09. The van der Waals surface area contributed by atoms with Gasteiger partial charge in [0.15, 0.2) is 11.9 Å². The van der Waals surface area contributed by atoms with Crippen LogP contribution < -0.4 is 10.1 Å². The van der Waals surface area contributed by atoms with Crippen LogP contribution in [0.3, 0.4) is 0 Å². The van der Waals surface area contributed by atoms with Crippen molar-refractivity contribution in [2.24, 2.45) is 0 Å². The number of hydrogen-bond acceptors (Lipinski definition) is 4. The van der Waals surface area contributed by atoms with E-state index in [1.54, 1.807) is 19.1 Å². The summed E-state index contributed by atoms with van der Waals surface area (Å²) >= 11 is 0. The maximum atomic E-state index is 13.4. The molecule has 6 heteroatoms. The average Bonchev–Trinajstić information content (AvgIpc) is 3.42. The van der Waals surface area contributed by atoms with Crippen LogP contribution in [0.4, 0.5) is 5.69 Å². The van der Waals surface area contributed by atoms with Gasteiger partial charge in [-0.25, -0.2) is 0 Å². The number of amides is 2. The van der Waals surface area contributed by atoms with Gasteiger partial charge in [-0.05, 0) is 85.8 Å². The van der Waals surface area contributed by atoms with E-state index in [-0.39, 0.29) is 17.9 Å². The molecule has 2 heterocycles. The quantitative estimate of drug-likeness (QED) is 0.352. The molecule has 4 aromatic rings. The fourth-order valence-electron chi connectivity index (χ4n) is 4.85. The van der Waals surface area contributed by atoms with Gasteiger partial charge in [-0.1, -0.05) is 48.0 Å². The third kappa shape index (κ3) is 5.28. The second kappa shape index (κ2) is 10.3. The van der Waals surface area contributed by atoms with Gasteiger partial charge in [-0.2, -0.15) is 0 Å². The molecule has 37 heavy (non-hydrogen) atoms. The molecular weight excluding hydrogens is 464 g/mol. The molecule has 0 fully saturated rings. The van der Waals surface area contributed by atoms with Crippen LogP contribution in [0.15, 0.2) is 89.5 Å². The number of nitrogens with zero attached hydrogens (tertiary/aromatic N) is 1. The highest BCUT2D eigenvalue weighted by atomic mass is 16.5. The van der Waals surface area contributed by atoms with Crippen molar-refractivity contribution in [1.29, 1.82) is 0 Å². The highest BCUT2D eigenvalue weighted by Crippen LogP contribution is 2.38. The molecule has 0 saturated carbocycles. The Morgan fingerprint density at radius 1 is 0.973 bits per heavy atom. The molecule has 0 unspecified atom stereocenters. The lowest BCUT2D eigenvalue weighted by molar-refractivity contribution is -0.122. The molecule has 2 amide bonds. The van der Waals surface area contributed by atoms with Crippen LogP contribution >= 0.6 is 0 Å². The normalized spacial score (nSPS) is 15.5. The summed E-state index contributed by atoms with van der Waals surface area (Å²) in [5.41, 5.74) is 6.07. The van der Waals surface area contributed by atoms with Crippen molar-refractivity contribution in [2.45, 2.75) is 39.3 Å². The van der Waals surface area contributed by atoms with E-state index in [0.29, 0.717) is 24.5 Å². The summed E-state index contributed by atoms with van der Waals surface area (Å²) in [5.74, 6) is 0.512. The number of nitrogens with one attached hydrogen (secondary N) is 1. The summed E-state index contributed by atoms with van der Waals surface area (Å²) in [6.07, 6.45) is 1.52. The Hall–Kier alpha value is -4.32. The molecule has 1 aliphatic heterocycles. The number of aryl methyl sites for hydroxylation is 2. The first-order chi connectivity index (χ1) is 17.9. The van der Waals surface area contributed by atoms with E-state index < -0.39 is 6.10 Å². The number of fused-ring (bicyclic) bond motifs is 1. The van der Waals surface area contributed by atoms with Crippen molar-refractivity contribution in [1.82, 2.24) is 4.90 Å². The van der Waals surface area contributed by atoms with E-state index >= 15 is 0 Å². The second-order valence-corrected chi connectivity index (χ2v) is 9.52. The van der Waals surface area contributed by atoms with Crippen molar-refractivity contribution in [3.05, 3.63) is 119 Å². The van der Waals surface area contributed by atoms with E-state index in [1.807, 2.05) is 79.4 Å². The third-order valence-electron chi connectivity index (χ3n) is 6.66. The molecule has 0 radical (unpaired) electrons. The zero-order chi connectivity index (χ0) is 25.9. The number of furan rings is 1. The molecule has 0 aliphatic carbocycles. The van der Waals surface area contributed by atoms with E-state index in [9.17, 15) is 9.59 Å². The Labute approximate surface area is 216 Å². The Kier molecular flexibility index (Phi) is 6.82. The number of carbonyl (C=O) groups is 2. The van der Waals surface area contributed by atoms with Crippen molar-refractivity contribution in [3.8, 4) is 5.75 Å². The molecule has 0 spiro atoms. The molecule has 1 aromatic heterocycles. The van der Waals surface area contributed by atoms with Gasteiger partial charge in [0.1, 0.15) is 5.75 Å². The number of benzene rings is 3. The lowest BCUT2D eigenvalue weighted by Crippen LogP contribution is -2.40. The molecule has 0 bridgehead atoms. The van der Waals surface area contributed by atoms with Crippen LogP contribution in [0.5, 0.6) is 5.75 Å². The van der Waals surface area contributed by atoms with Crippen molar-refractivity contribution < 1.29 is 18.7 Å². The molecule has 1 aliphatic rings. The Morgan fingerprint density at radius 3 is 2.49 bits per heavy atom. The lowest BCUT2D eigenvalue weighted by Gasteiger charge is -2.37. The molecule has 5 rings (SSSR count). The topological polar surface area (TPSA) is 71.8 Å². The van der Waals surface area contributed by atoms with Gasteiger partial charge in [0, 0.05) is 12.2 Å². The van der Waals surface area contributed by atoms with Crippen LogP contribution in [-0.2, 0) is 11.2 Å². The van der Waals surface area contributed by atoms with Gasteiger partial charge in [-0.3, -0.25) is 9.59 Å². The monoisotopic (exact) mass is 494 g/mol. The largest absolute Gasteiger partial charge is 0.481 e. The van der Waals surface area contributed by atoms with Crippen molar-refractivity contribution in [2.75, 3.05) is 11.9 Å². The van der Waals surface area contributed by atoms with Crippen LogP contribution in [0, 0.1) is 13.8 Å². The number of ether oxygens (including phenoxy) is 1. The standard InChI is InChI=1S/C31H30N2O4/c1-20-7-4-9-24(17-20)29-27-19-26(37-22(3)30(34)32-25-10-5-8-21(2)18-25)13-12-23(27)14-15-33(29)31(35)28-11-6-16-36-28/h4-13,16-19,22,29H,14-15H2,1-3H3,(H,32,34)/t22-,29-/m0/s1. The Bertz CT molecular complexity index is 1430. The summed E-state index contributed by atoms with van der Waals surface area (Å²) in [5, 5.41) is 2.92. The summed E-state index contributed by atoms with van der Waals surface area (Å²) in [6.45, 7) is 6.32. The van der Waals surface area contributed by atoms with Gasteiger partial charge < -0.3 is 19.4 Å². The van der Waals surface area contributed by atoms with Crippen LogP contribution in [0.1, 0.15) is 51.3 Å². The maximum absolute atomic E-state index is 13.4.